The predicted molar refractivity (Wildman–Crippen MR) is 122 cm³/mol. The predicted octanol–water partition coefficient (Wildman–Crippen LogP) is 4.81. The van der Waals surface area contributed by atoms with Crippen molar-refractivity contribution in [3.05, 3.63) is 88.7 Å². The number of rotatable bonds is 5. The summed E-state index contributed by atoms with van der Waals surface area (Å²) < 4.78 is 12.4. The van der Waals surface area contributed by atoms with Crippen LogP contribution in [0.2, 0.25) is 0 Å². The normalized spacial score (nSPS) is 11.1. The molecule has 7 nitrogen and oxygen atoms in total. The zero-order valence-corrected chi connectivity index (χ0v) is 17.6. The molecule has 32 heavy (non-hydrogen) atoms. The molecular formula is C25H20N4O3. The van der Waals surface area contributed by atoms with Gasteiger partial charge in [-0.3, -0.25) is 4.79 Å². The van der Waals surface area contributed by atoms with Crippen molar-refractivity contribution in [2.45, 2.75) is 13.8 Å². The van der Waals surface area contributed by atoms with Gasteiger partial charge in [0.25, 0.3) is 11.4 Å². The number of hydrogen-bond donors (Lipinski definition) is 0. The van der Waals surface area contributed by atoms with Gasteiger partial charge < -0.3 is 9.26 Å². The van der Waals surface area contributed by atoms with Crippen molar-refractivity contribution in [2.75, 3.05) is 6.61 Å². The van der Waals surface area contributed by atoms with Gasteiger partial charge in [0.05, 0.1) is 17.7 Å². The first-order valence-corrected chi connectivity index (χ1v) is 10.3. The summed E-state index contributed by atoms with van der Waals surface area (Å²) in [7, 11) is 0. The van der Waals surface area contributed by atoms with E-state index in [9.17, 15) is 4.79 Å². The van der Waals surface area contributed by atoms with Gasteiger partial charge in [-0.05, 0) is 44.2 Å². The second kappa shape index (κ2) is 8.11. The highest BCUT2D eigenvalue weighted by molar-refractivity contribution is 5.92. The van der Waals surface area contributed by atoms with Crippen LogP contribution in [-0.2, 0) is 0 Å². The van der Waals surface area contributed by atoms with Crippen LogP contribution in [0.5, 0.6) is 5.75 Å². The molecule has 7 heteroatoms. The molecule has 3 aromatic carbocycles. The van der Waals surface area contributed by atoms with E-state index in [2.05, 4.69) is 15.2 Å². The van der Waals surface area contributed by atoms with Crippen LogP contribution in [0.25, 0.3) is 39.4 Å². The Labute approximate surface area is 183 Å². The number of nitrogens with zero attached hydrogens (tertiary/aromatic N) is 4. The van der Waals surface area contributed by atoms with E-state index in [0.29, 0.717) is 34.6 Å². The van der Waals surface area contributed by atoms with E-state index >= 15 is 0 Å². The fourth-order valence-corrected chi connectivity index (χ4v) is 3.51. The highest BCUT2D eigenvalue weighted by Crippen LogP contribution is 2.27. The van der Waals surface area contributed by atoms with Gasteiger partial charge in [0.2, 0.25) is 5.82 Å². The van der Waals surface area contributed by atoms with Crippen LogP contribution in [0.3, 0.4) is 0 Å². The van der Waals surface area contributed by atoms with E-state index in [0.717, 1.165) is 16.9 Å². The Balaban J connectivity index is 1.66. The molecule has 158 valence electrons. The van der Waals surface area contributed by atoms with Crippen LogP contribution in [0.1, 0.15) is 12.5 Å². The molecule has 5 rings (SSSR count). The fraction of sp³-hybridized carbons (Fsp3) is 0.120. The Hall–Kier alpha value is -4.26. The number of aromatic nitrogens is 4. The Morgan fingerprint density at radius 1 is 0.938 bits per heavy atom. The SMILES string of the molecule is CCOc1ccc(-n2nc(-c3nc(-c4ccc(C)cc4)no3)c3ccccc3c2=O)cc1. The summed E-state index contributed by atoms with van der Waals surface area (Å²) >= 11 is 0. The highest BCUT2D eigenvalue weighted by Gasteiger charge is 2.19. The molecule has 0 aliphatic carbocycles. The van der Waals surface area contributed by atoms with E-state index in [-0.39, 0.29) is 11.4 Å². The van der Waals surface area contributed by atoms with Crippen LogP contribution in [0, 0.1) is 6.92 Å². The lowest BCUT2D eigenvalue weighted by Crippen LogP contribution is -2.22. The Morgan fingerprint density at radius 2 is 1.66 bits per heavy atom. The number of ether oxygens (including phenoxy) is 1. The smallest absolute Gasteiger partial charge is 0.279 e. The van der Waals surface area contributed by atoms with Gasteiger partial charge in [-0.25, -0.2) is 0 Å². The number of hydrogen-bond acceptors (Lipinski definition) is 6. The third-order valence-electron chi connectivity index (χ3n) is 5.14. The first-order valence-electron chi connectivity index (χ1n) is 10.3. The molecule has 0 amide bonds. The molecule has 0 N–H and O–H groups in total. The van der Waals surface area contributed by atoms with Crippen LogP contribution >= 0.6 is 0 Å². The van der Waals surface area contributed by atoms with E-state index in [1.165, 1.54) is 4.68 Å². The monoisotopic (exact) mass is 424 g/mol. The molecule has 5 aromatic rings. The standard InChI is InChI=1S/C25H20N4O3/c1-3-31-19-14-12-18(13-15-19)29-25(30)21-7-5-4-6-20(21)22(27-29)24-26-23(28-32-24)17-10-8-16(2)9-11-17/h4-15H,3H2,1-2H3. The Kier molecular flexibility index (Phi) is 4.99. The summed E-state index contributed by atoms with van der Waals surface area (Å²) in [6.45, 7) is 4.51. The molecule has 0 atom stereocenters. The van der Waals surface area contributed by atoms with Crippen LogP contribution < -0.4 is 10.3 Å². The molecule has 2 heterocycles. The van der Waals surface area contributed by atoms with Crippen molar-refractivity contribution in [1.29, 1.82) is 0 Å². The molecule has 0 spiro atoms. The largest absolute Gasteiger partial charge is 0.494 e. The number of fused-ring (bicyclic) bond motifs is 1. The molecule has 0 saturated heterocycles. The summed E-state index contributed by atoms with van der Waals surface area (Å²) in [5.74, 6) is 1.44. The topological polar surface area (TPSA) is 83.0 Å². The van der Waals surface area contributed by atoms with Crippen LogP contribution in [-0.4, -0.2) is 26.5 Å². The summed E-state index contributed by atoms with van der Waals surface area (Å²) in [5, 5.41) is 9.90. The minimum absolute atomic E-state index is 0.230. The minimum Gasteiger partial charge on any atom is -0.494 e. The summed E-state index contributed by atoms with van der Waals surface area (Å²) in [4.78, 5) is 17.7. The molecule has 0 aliphatic rings. The van der Waals surface area contributed by atoms with Gasteiger partial charge in [-0.2, -0.15) is 14.8 Å². The first kappa shape index (κ1) is 19.7. The molecule has 0 saturated carbocycles. The average Bonchev–Trinajstić information content (AvgIpc) is 3.31. The van der Waals surface area contributed by atoms with Crippen molar-refractivity contribution in [3.63, 3.8) is 0 Å². The molecule has 0 aliphatic heterocycles. The second-order valence-corrected chi connectivity index (χ2v) is 7.33. The maximum absolute atomic E-state index is 13.2. The third-order valence-corrected chi connectivity index (χ3v) is 5.14. The quantitative estimate of drug-likeness (QED) is 0.403. The maximum Gasteiger partial charge on any atom is 0.279 e. The van der Waals surface area contributed by atoms with Crippen molar-refractivity contribution in [3.8, 4) is 34.4 Å². The van der Waals surface area contributed by atoms with Gasteiger partial charge in [-0.1, -0.05) is 53.2 Å². The summed E-state index contributed by atoms with van der Waals surface area (Å²) in [6, 6.07) is 22.3. The van der Waals surface area contributed by atoms with E-state index in [1.807, 2.05) is 68.4 Å². The van der Waals surface area contributed by atoms with Crippen molar-refractivity contribution in [2.24, 2.45) is 0 Å². The maximum atomic E-state index is 13.2. The van der Waals surface area contributed by atoms with Gasteiger partial charge in [0.15, 0.2) is 5.69 Å². The Bertz CT molecular complexity index is 1450. The molecule has 2 aromatic heterocycles. The number of aryl methyl sites for hydroxylation is 1. The average molecular weight is 424 g/mol. The highest BCUT2D eigenvalue weighted by atomic mass is 16.5. The van der Waals surface area contributed by atoms with Crippen molar-refractivity contribution in [1.82, 2.24) is 19.9 Å². The van der Waals surface area contributed by atoms with Gasteiger partial charge in [0, 0.05) is 10.9 Å². The van der Waals surface area contributed by atoms with Gasteiger partial charge in [0.1, 0.15) is 5.75 Å². The summed E-state index contributed by atoms with van der Waals surface area (Å²) in [5.41, 5.74) is 2.82. The minimum atomic E-state index is -0.230. The van der Waals surface area contributed by atoms with E-state index in [1.54, 1.807) is 18.2 Å². The van der Waals surface area contributed by atoms with Crippen LogP contribution in [0.4, 0.5) is 0 Å². The molecular weight excluding hydrogens is 404 g/mol. The molecule has 0 radical (unpaired) electrons. The third kappa shape index (κ3) is 3.54. The van der Waals surface area contributed by atoms with E-state index in [4.69, 9.17) is 9.26 Å². The lowest BCUT2D eigenvalue weighted by molar-refractivity contribution is 0.340. The molecule has 0 unspecified atom stereocenters. The lowest BCUT2D eigenvalue weighted by atomic mass is 10.1. The molecule has 0 bridgehead atoms. The lowest BCUT2D eigenvalue weighted by Gasteiger charge is -2.10. The zero-order chi connectivity index (χ0) is 22.1. The first-order chi connectivity index (χ1) is 15.6. The second-order valence-electron chi connectivity index (χ2n) is 7.33. The van der Waals surface area contributed by atoms with Gasteiger partial charge >= 0.3 is 0 Å². The zero-order valence-electron chi connectivity index (χ0n) is 17.6. The van der Waals surface area contributed by atoms with Crippen LogP contribution in [0.15, 0.2) is 82.1 Å². The Morgan fingerprint density at radius 3 is 2.38 bits per heavy atom. The summed E-state index contributed by atoms with van der Waals surface area (Å²) in [6.07, 6.45) is 0. The van der Waals surface area contributed by atoms with Crippen molar-refractivity contribution < 1.29 is 9.26 Å². The van der Waals surface area contributed by atoms with Gasteiger partial charge in [-0.15, -0.1) is 0 Å². The fourth-order valence-electron chi connectivity index (χ4n) is 3.51. The van der Waals surface area contributed by atoms with Crippen molar-refractivity contribution >= 4 is 10.8 Å². The molecule has 0 fully saturated rings. The number of benzene rings is 3. The van der Waals surface area contributed by atoms with E-state index < -0.39 is 0 Å².